The zero-order chi connectivity index (χ0) is 15.5. The predicted octanol–water partition coefficient (Wildman–Crippen LogP) is 2.08. The maximum absolute atomic E-state index is 11.9. The van der Waals surface area contributed by atoms with Crippen LogP contribution in [0.2, 0.25) is 0 Å². The average Bonchev–Trinajstić information content (AvgIpc) is 3.23. The minimum absolute atomic E-state index is 0.179. The van der Waals surface area contributed by atoms with Crippen molar-refractivity contribution in [1.82, 2.24) is 15.2 Å². The number of aryl methyl sites for hydroxylation is 1. The number of nitrogens with zero attached hydrogens (tertiary/aromatic N) is 2. The molecule has 1 N–H and O–H groups in total. The van der Waals surface area contributed by atoms with Gasteiger partial charge in [0.25, 0.3) is 0 Å². The van der Waals surface area contributed by atoms with E-state index in [1.807, 2.05) is 19.2 Å². The van der Waals surface area contributed by atoms with Crippen LogP contribution in [0.4, 0.5) is 0 Å². The SMILES string of the molecule is CSCC(=O)N[C@H]1CN(Cc2cccc(C)n2)C[C@@H]1C1CC1. The molecule has 0 radical (unpaired) electrons. The van der Waals surface area contributed by atoms with E-state index in [1.165, 1.54) is 12.8 Å². The summed E-state index contributed by atoms with van der Waals surface area (Å²) < 4.78 is 0. The number of likely N-dealkylation sites (tertiary alicyclic amines) is 1. The second kappa shape index (κ2) is 7.01. The molecule has 3 rings (SSSR count). The monoisotopic (exact) mass is 319 g/mol. The maximum Gasteiger partial charge on any atom is 0.230 e. The first-order valence-electron chi connectivity index (χ1n) is 8.09. The highest BCUT2D eigenvalue weighted by atomic mass is 32.2. The number of carbonyl (C=O) groups excluding carboxylic acids is 1. The quantitative estimate of drug-likeness (QED) is 0.872. The Morgan fingerprint density at radius 1 is 1.41 bits per heavy atom. The molecule has 0 unspecified atom stereocenters. The summed E-state index contributed by atoms with van der Waals surface area (Å²) in [6.07, 6.45) is 4.63. The number of amides is 1. The number of hydrogen-bond donors (Lipinski definition) is 1. The van der Waals surface area contributed by atoms with Gasteiger partial charge in [-0.1, -0.05) is 6.07 Å². The molecule has 1 aromatic rings. The third kappa shape index (κ3) is 4.02. The maximum atomic E-state index is 11.9. The molecule has 4 nitrogen and oxygen atoms in total. The van der Waals surface area contributed by atoms with E-state index in [1.54, 1.807) is 11.8 Å². The van der Waals surface area contributed by atoms with Gasteiger partial charge in [0, 0.05) is 31.4 Å². The molecule has 2 aliphatic rings. The van der Waals surface area contributed by atoms with Gasteiger partial charge in [0.2, 0.25) is 5.91 Å². The van der Waals surface area contributed by atoms with Crippen LogP contribution in [0.5, 0.6) is 0 Å². The van der Waals surface area contributed by atoms with Crippen LogP contribution in [0.1, 0.15) is 24.2 Å². The molecule has 2 fully saturated rings. The number of carbonyl (C=O) groups is 1. The second-order valence-electron chi connectivity index (χ2n) is 6.57. The minimum Gasteiger partial charge on any atom is -0.351 e. The van der Waals surface area contributed by atoms with Crippen molar-refractivity contribution in [2.24, 2.45) is 11.8 Å². The van der Waals surface area contributed by atoms with E-state index in [9.17, 15) is 4.79 Å². The fourth-order valence-electron chi connectivity index (χ4n) is 3.49. The average molecular weight is 319 g/mol. The molecule has 2 atom stereocenters. The molecule has 0 bridgehead atoms. The summed E-state index contributed by atoms with van der Waals surface area (Å²) in [6.45, 7) is 4.97. The Morgan fingerprint density at radius 3 is 2.91 bits per heavy atom. The van der Waals surface area contributed by atoms with Crippen LogP contribution >= 0.6 is 11.8 Å². The third-order valence-corrected chi connectivity index (χ3v) is 5.17. The lowest BCUT2D eigenvalue weighted by molar-refractivity contribution is -0.119. The van der Waals surface area contributed by atoms with Crippen LogP contribution < -0.4 is 5.32 Å². The summed E-state index contributed by atoms with van der Waals surface area (Å²) in [4.78, 5) is 19.0. The Morgan fingerprint density at radius 2 is 2.23 bits per heavy atom. The van der Waals surface area contributed by atoms with E-state index in [0.29, 0.717) is 17.7 Å². The van der Waals surface area contributed by atoms with Gasteiger partial charge in [0.05, 0.1) is 11.4 Å². The summed E-state index contributed by atoms with van der Waals surface area (Å²) in [7, 11) is 0. The summed E-state index contributed by atoms with van der Waals surface area (Å²) in [5.74, 6) is 2.18. The topological polar surface area (TPSA) is 45.2 Å². The molecule has 1 saturated heterocycles. The first kappa shape index (κ1) is 15.8. The number of nitrogens with one attached hydrogen (secondary N) is 1. The van der Waals surface area contributed by atoms with Gasteiger partial charge in [-0.3, -0.25) is 14.7 Å². The number of rotatable bonds is 6. The summed E-state index contributed by atoms with van der Waals surface area (Å²) >= 11 is 1.59. The van der Waals surface area contributed by atoms with Crippen LogP contribution in [0.3, 0.4) is 0 Å². The summed E-state index contributed by atoms with van der Waals surface area (Å²) in [5.41, 5.74) is 2.20. The van der Waals surface area contributed by atoms with Crippen molar-refractivity contribution >= 4 is 17.7 Å². The van der Waals surface area contributed by atoms with Gasteiger partial charge in [-0.05, 0) is 50.0 Å². The van der Waals surface area contributed by atoms with Crippen molar-refractivity contribution in [3.05, 3.63) is 29.6 Å². The Balaban J connectivity index is 1.61. The van der Waals surface area contributed by atoms with Crippen LogP contribution in [0, 0.1) is 18.8 Å². The number of thioether (sulfide) groups is 1. The fourth-order valence-corrected chi connectivity index (χ4v) is 3.84. The zero-order valence-electron chi connectivity index (χ0n) is 13.4. The lowest BCUT2D eigenvalue weighted by Crippen LogP contribution is -2.42. The molecule has 22 heavy (non-hydrogen) atoms. The predicted molar refractivity (Wildman–Crippen MR) is 90.8 cm³/mol. The number of pyridine rings is 1. The number of aromatic nitrogens is 1. The van der Waals surface area contributed by atoms with Gasteiger partial charge < -0.3 is 5.32 Å². The largest absolute Gasteiger partial charge is 0.351 e. The Hall–Kier alpha value is -1.07. The fraction of sp³-hybridized carbons (Fsp3) is 0.647. The van der Waals surface area contributed by atoms with E-state index in [-0.39, 0.29) is 5.91 Å². The van der Waals surface area contributed by atoms with Crippen molar-refractivity contribution in [2.75, 3.05) is 25.1 Å². The molecule has 1 aliphatic carbocycles. The van der Waals surface area contributed by atoms with Crippen molar-refractivity contribution in [3.63, 3.8) is 0 Å². The van der Waals surface area contributed by atoms with Gasteiger partial charge >= 0.3 is 0 Å². The molecule has 0 aromatic carbocycles. The van der Waals surface area contributed by atoms with Gasteiger partial charge in [-0.25, -0.2) is 0 Å². The van der Waals surface area contributed by atoms with E-state index in [0.717, 1.165) is 36.9 Å². The molecule has 1 saturated carbocycles. The molecule has 0 spiro atoms. The van der Waals surface area contributed by atoms with Gasteiger partial charge in [0.15, 0.2) is 0 Å². The van der Waals surface area contributed by atoms with E-state index in [4.69, 9.17) is 0 Å². The first-order valence-corrected chi connectivity index (χ1v) is 9.48. The van der Waals surface area contributed by atoms with Crippen LogP contribution in [-0.4, -0.2) is 46.9 Å². The third-order valence-electron chi connectivity index (χ3n) is 4.62. The Kier molecular flexibility index (Phi) is 5.03. The van der Waals surface area contributed by atoms with Crippen molar-refractivity contribution < 1.29 is 4.79 Å². The van der Waals surface area contributed by atoms with E-state index in [2.05, 4.69) is 27.3 Å². The normalized spacial score (nSPS) is 25.4. The lowest BCUT2D eigenvalue weighted by Gasteiger charge is -2.19. The summed E-state index contributed by atoms with van der Waals surface area (Å²) in [6, 6.07) is 6.52. The van der Waals surface area contributed by atoms with Crippen molar-refractivity contribution in [1.29, 1.82) is 0 Å². The highest BCUT2D eigenvalue weighted by Gasteiger charge is 2.42. The highest BCUT2D eigenvalue weighted by molar-refractivity contribution is 7.99. The standard InChI is InChI=1S/C17H25N3OS/c1-12-4-3-5-14(18-12)8-20-9-15(13-6-7-13)16(10-20)19-17(21)11-22-2/h3-5,13,15-16H,6-11H2,1-2H3,(H,19,21)/t15-,16+/m1/s1. The van der Waals surface area contributed by atoms with Crippen LogP contribution in [-0.2, 0) is 11.3 Å². The van der Waals surface area contributed by atoms with Crippen LogP contribution in [0.25, 0.3) is 0 Å². The van der Waals surface area contributed by atoms with Gasteiger partial charge in [-0.15, -0.1) is 0 Å². The minimum atomic E-state index is 0.179. The molecule has 120 valence electrons. The molecule has 1 aliphatic heterocycles. The van der Waals surface area contributed by atoms with Crippen molar-refractivity contribution in [3.8, 4) is 0 Å². The molecule has 2 heterocycles. The molecule has 1 aromatic heterocycles. The molecular weight excluding hydrogens is 294 g/mol. The van der Waals surface area contributed by atoms with Crippen LogP contribution in [0.15, 0.2) is 18.2 Å². The van der Waals surface area contributed by atoms with E-state index >= 15 is 0 Å². The Bertz CT molecular complexity index is 532. The number of hydrogen-bond acceptors (Lipinski definition) is 4. The second-order valence-corrected chi connectivity index (χ2v) is 7.44. The highest BCUT2D eigenvalue weighted by Crippen LogP contribution is 2.41. The van der Waals surface area contributed by atoms with Crippen molar-refractivity contribution in [2.45, 2.75) is 32.4 Å². The van der Waals surface area contributed by atoms with E-state index < -0.39 is 0 Å². The van der Waals surface area contributed by atoms with Gasteiger partial charge in [-0.2, -0.15) is 11.8 Å². The van der Waals surface area contributed by atoms with Gasteiger partial charge in [0.1, 0.15) is 0 Å². The lowest BCUT2D eigenvalue weighted by atomic mass is 9.98. The zero-order valence-corrected chi connectivity index (χ0v) is 14.2. The molecule has 5 heteroatoms. The smallest absolute Gasteiger partial charge is 0.230 e. The Labute approximate surface area is 137 Å². The first-order chi connectivity index (χ1) is 10.7. The molecule has 1 amide bonds. The molecular formula is C17H25N3OS. The summed E-state index contributed by atoms with van der Waals surface area (Å²) in [5, 5.41) is 3.26.